The summed E-state index contributed by atoms with van der Waals surface area (Å²) in [4.78, 5) is 9.00. The van der Waals surface area contributed by atoms with E-state index >= 15 is 0 Å². The molecular formula is C15H18ClFN4. The number of aromatic nitrogens is 2. The Bertz CT molecular complexity index is 658. The molecule has 2 rings (SSSR count). The first-order valence-electron chi connectivity index (χ1n) is 6.70. The number of rotatable bonds is 4. The highest BCUT2D eigenvalue weighted by molar-refractivity contribution is 6.33. The molecule has 0 unspecified atom stereocenters. The van der Waals surface area contributed by atoms with Gasteiger partial charge in [0, 0.05) is 18.5 Å². The topological polar surface area (TPSA) is 49.8 Å². The van der Waals surface area contributed by atoms with Crippen LogP contribution in [-0.4, -0.2) is 17.0 Å². The summed E-state index contributed by atoms with van der Waals surface area (Å²) in [5.41, 5.74) is 1.49. The molecule has 0 bridgehead atoms. The van der Waals surface area contributed by atoms with Gasteiger partial charge in [0.25, 0.3) is 0 Å². The first-order chi connectivity index (χ1) is 9.92. The Morgan fingerprint density at radius 2 is 1.86 bits per heavy atom. The average molecular weight is 309 g/mol. The molecule has 21 heavy (non-hydrogen) atoms. The molecule has 0 radical (unpaired) electrons. The summed E-state index contributed by atoms with van der Waals surface area (Å²) in [6, 6.07) is 4.21. The molecule has 2 aromatic rings. The van der Waals surface area contributed by atoms with E-state index < -0.39 is 0 Å². The van der Waals surface area contributed by atoms with Crippen LogP contribution in [0, 0.1) is 12.7 Å². The Labute approximate surface area is 128 Å². The molecule has 0 aliphatic heterocycles. The lowest BCUT2D eigenvalue weighted by molar-refractivity contribution is 0.628. The highest BCUT2D eigenvalue weighted by Crippen LogP contribution is 2.29. The number of hydrogen-bond donors (Lipinski definition) is 2. The van der Waals surface area contributed by atoms with Gasteiger partial charge in [0.05, 0.1) is 10.7 Å². The molecule has 0 aliphatic rings. The summed E-state index contributed by atoms with van der Waals surface area (Å²) in [7, 11) is 1.81. The standard InChI is InChI=1S/C15H18ClFN4/c1-8(2)13-20-14(18-4)9(3)15(21-13)19-12-6-5-10(17)7-11(12)16/h5-8H,1-4H3,(H2,18,19,20,21). The van der Waals surface area contributed by atoms with Crippen LogP contribution in [0.5, 0.6) is 0 Å². The SMILES string of the molecule is CNc1nc(C(C)C)nc(Nc2ccc(F)cc2Cl)c1C. The normalized spacial score (nSPS) is 10.8. The maximum Gasteiger partial charge on any atom is 0.139 e. The lowest BCUT2D eigenvalue weighted by Crippen LogP contribution is -2.08. The minimum atomic E-state index is -0.372. The van der Waals surface area contributed by atoms with Crippen molar-refractivity contribution in [2.75, 3.05) is 17.7 Å². The summed E-state index contributed by atoms with van der Waals surface area (Å²) >= 11 is 6.05. The molecule has 0 atom stereocenters. The monoisotopic (exact) mass is 308 g/mol. The number of hydrogen-bond acceptors (Lipinski definition) is 4. The van der Waals surface area contributed by atoms with Crippen molar-refractivity contribution in [2.45, 2.75) is 26.7 Å². The van der Waals surface area contributed by atoms with E-state index in [1.165, 1.54) is 12.1 Å². The summed E-state index contributed by atoms with van der Waals surface area (Å²) < 4.78 is 13.1. The second-order valence-corrected chi connectivity index (χ2v) is 5.47. The third kappa shape index (κ3) is 3.42. The smallest absolute Gasteiger partial charge is 0.139 e. The van der Waals surface area contributed by atoms with Gasteiger partial charge >= 0.3 is 0 Å². The average Bonchev–Trinajstić information content (AvgIpc) is 2.43. The van der Waals surface area contributed by atoms with E-state index in [-0.39, 0.29) is 11.7 Å². The molecule has 0 spiro atoms. The Balaban J connectivity index is 2.45. The van der Waals surface area contributed by atoms with Gasteiger partial charge in [-0.05, 0) is 25.1 Å². The van der Waals surface area contributed by atoms with Crippen molar-refractivity contribution in [1.29, 1.82) is 0 Å². The zero-order valence-electron chi connectivity index (χ0n) is 12.5. The van der Waals surface area contributed by atoms with Gasteiger partial charge in [-0.25, -0.2) is 14.4 Å². The largest absolute Gasteiger partial charge is 0.373 e. The van der Waals surface area contributed by atoms with E-state index in [0.717, 1.165) is 17.2 Å². The summed E-state index contributed by atoms with van der Waals surface area (Å²) in [5, 5.41) is 6.51. The highest BCUT2D eigenvalue weighted by Gasteiger charge is 2.13. The molecular weight excluding hydrogens is 291 g/mol. The van der Waals surface area contributed by atoms with Crippen LogP contribution in [0.15, 0.2) is 18.2 Å². The van der Waals surface area contributed by atoms with Gasteiger partial charge < -0.3 is 10.6 Å². The van der Waals surface area contributed by atoms with Crippen molar-refractivity contribution in [1.82, 2.24) is 9.97 Å². The zero-order chi connectivity index (χ0) is 15.6. The number of halogens is 2. The van der Waals surface area contributed by atoms with Gasteiger partial charge in [-0.1, -0.05) is 25.4 Å². The van der Waals surface area contributed by atoms with Crippen LogP contribution in [0.4, 0.5) is 21.7 Å². The second-order valence-electron chi connectivity index (χ2n) is 5.06. The van der Waals surface area contributed by atoms with Crippen LogP contribution >= 0.6 is 11.6 Å². The van der Waals surface area contributed by atoms with Crippen LogP contribution in [-0.2, 0) is 0 Å². The molecule has 2 N–H and O–H groups in total. The minimum Gasteiger partial charge on any atom is -0.373 e. The third-order valence-electron chi connectivity index (χ3n) is 3.10. The van der Waals surface area contributed by atoms with E-state index in [0.29, 0.717) is 16.5 Å². The van der Waals surface area contributed by atoms with Gasteiger partial charge in [0.1, 0.15) is 23.3 Å². The number of anilines is 3. The van der Waals surface area contributed by atoms with Crippen molar-refractivity contribution in [3.8, 4) is 0 Å². The molecule has 1 heterocycles. The fourth-order valence-electron chi connectivity index (χ4n) is 1.88. The lowest BCUT2D eigenvalue weighted by atomic mass is 10.2. The maximum atomic E-state index is 13.1. The van der Waals surface area contributed by atoms with Crippen molar-refractivity contribution in [3.05, 3.63) is 40.4 Å². The number of benzene rings is 1. The Morgan fingerprint density at radius 3 is 2.43 bits per heavy atom. The van der Waals surface area contributed by atoms with Gasteiger partial charge in [0.15, 0.2) is 0 Å². The van der Waals surface area contributed by atoms with Gasteiger partial charge in [-0.2, -0.15) is 0 Å². The number of nitrogens with one attached hydrogen (secondary N) is 2. The van der Waals surface area contributed by atoms with Crippen LogP contribution in [0.1, 0.15) is 31.2 Å². The van der Waals surface area contributed by atoms with E-state index in [4.69, 9.17) is 11.6 Å². The van der Waals surface area contributed by atoms with Crippen molar-refractivity contribution in [3.63, 3.8) is 0 Å². The predicted molar refractivity (Wildman–Crippen MR) is 85.1 cm³/mol. The quantitative estimate of drug-likeness (QED) is 0.874. The molecule has 0 fully saturated rings. The number of nitrogens with zero attached hydrogens (tertiary/aromatic N) is 2. The first kappa shape index (κ1) is 15.5. The minimum absolute atomic E-state index is 0.196. The van der Waals surface area contributed by atoms with Crippen LogP contribution in [0.25, 0.3) is 0 Å². The first-order valence-corrected chi connectivity index (χ1v) is 7.08. The van der Waals surface area contributed by atoms with Crippen molar-refractivity contribution >= 4 is 28.9 Å². The van der Waals surface area contributed by atoms with Gasteiger partial charge in [0.2, 0.25) is 0 Å². The zero-order valence-corrected chi connectivity index (χ0v) is 13.2. The van der Waals surface area contributed by atoms with Crippen molar-refractivity contribution < 1.29 is 4.39 Å². The van der Waals surface area contributed by atoms with Crippen LogP contribution in [0.3, 0.4) is 0 Å². The summed E-state index contributed by atoms with van der Waals surface area (Å²) in [6.45, 7) is 5.97. The molecule has 0 amide bonds. The lowest BCUT2D eigenvalue weighted by Gasteiger charge is -2.15. The Morgan fingerprint density at radius 1 is 1.19 bits per heavy atom. The van der Waals surface area contributed by atoms with E-state index in [9.17, 15) is 4.39 Å². The Kier molecular flexibility index (Phi) is 4.63. The van der Waals surface area contributed by atoms with E-state index in [2.05, 4.69) is 20.6 Å². The fraction of sp³-hybridized carbons (Fsp3) is 0.333. The molecule has 6 heteroatoms. The summed E-state index contributed by atoms with van der Waals surface area (Å²) in [6.07, 6.45) is 0. The molecule has 1 aromatic carbocycles. The van der Waals surface area contributed by atoms with Gasteiger partial charge in [-0.15, -0.1) is 0 Å². The predicted octanol–water partition coefficient (Wildman–Crippen LogP) is 4.49. The van der Waals surface area contributed by atoms with Crippen LogP contribution in [0.2, 0.25) is 5.02 Å². The third-order valence-corrected chi connectivity index (χ3v) is 3.41. The molecule has 0 saturated carbocycles. The van der Waals surface area contributed by atoms with Crippen LogP contribution < -0.4 is 10.6 Å². The van der Waals surface area contributed by atoms with Gasteiger partial charge in [-0.3, -0.25) is 0 Å². The van der Waals surface area contributed by atoms with E-state index in [1.807, 2.05) is 27.8 Å². The molecule has 112 valence electrons. The highest BCUT2D eigenvalue weighted by atomic mass is 35.5. The molecule has 1 aromatic heterocycles. The fourth-order valence-corrected chi connectivity index (χ4v) is 2.09. The molecule has 0 saturated heterocycles. The maximum absolute atomic E-state index is 13.1. The van der Waals surface area contributed by atoms with Crippen molar-refractivity contribution in [2.24, 2.45) is 0 Å². The molecule has 4 nitrogen and oxygen atoms in total. The summed E-state index contributed by atoms with van der Waals surface area (Å²) in [5.74, 6) is 1.97. The molecule has 0 aliphatic carbocycles. The second kappa shape index (κ2) is 6.26. The Hall–Kier alpha value is -1.88. The van der Waals surface area contributed by atoms with E-state index in [1.54, 1.807) is 6.07 Å².